The zero-order valence-electron chi connectivity index (χ0n) is 12.5. The summed E-state index contributed by atoms with van der Waals surface area (Å²) in [5.41, 5.74) is 0. The van der Waals surface area contributed by atoms with Crippen LogP contribution in [0.1, 0.15) is 33.6 Å². The number of hydrogen-bond donors (Lipinski definition) is 0. The van der Waals surface area contributed by atoms with Gasteiger partial charge < -0.3 is 9.47 Å². The van der Waals surface area contributed by atoms with E-state index in [4.69, 9.17) is 9.47 Å². The maximum atomic E-state index is 12.2. The molecule has 0 aromatic rings. The Balaban J connectivity index is 2.54. The smallest absolute Gasteiger partial charge is 0.310 e. The van der Waals surface area contributed by atoms with E-state index in [0.29, 0.717) is 26.0 Å². The number of sulfonamides is 1. The van der Waals surface area contributed by atoms with E-state index in [9.17, 15) is 13.2 Å². The van der Waals surface area contributed by atoms with Crippen molar-refractivity contribution in [2.75, 3.05) is 32.1 Å². The first-order valence-electron chi connectivity index (χ1n) is 7.13. The highest BCUT2D eigenvalue weighted by molar-refractivity contribution is 7.89. The molecule has 1 rings (SSSR count). The van der Waals surface area contributed by atoms with Gasteiger partial charge in [0.15, 0.2) is 0 Å². The molecule has 1 unspecified atom stereocenters. The molecule has 1 heterocycles. The molecule has 0 aliphatic carbocycles. The molecule has 118 valence electrons. The van der Waals surface area contributed by atoms with Crippen molar-refractivity contribution in [2.24, 2.45) is 5.92 Å². The van der Waals surface area contributed by atoms with E-state index >= 15 is 0 Å². The Hall–Kier alpha value is -0.660. The van der Waals surface area contributed by atoms with Crippen molar-refractivity contribution >= 4 is 16.0 Å². The lowest BCUT2D eigenvalue weighted by atomic mass is 10.0. The molecule has 1 saturated heterocycles. The Morgan fingerprint density at radius 2 is 2.10 bits per heavy atom. The zero-order chi connectivity index (χ0) is 15.2. The lowest BCUT2D eigenvalue weighted by Gasteiger charge is -2.30. The van der Waals surface area contributed by atoms with Gasteiger partial charge >= 0.3 is 5.97 Å². The quantitative estimate of drug-likeness (QED) is 0.657. The Morgan fingerprint density at radius 1 is 1.40 bits per heavy atom. The number of rotatable bonds is 7. The molecule has 0 N–H and O–H groups in total. The molecule has 7 heteroatoms. The molecule has 0 aromatic carbocycles. The maximum absolute atomic E-state index is 12.2. The summed E-state index contributed by atoms with van der Waals surface area (Å²) in [6.07, 6.45) is 1.39. The van der Waals surface area contributed by atoms with E-state index < -0.39 is 10.0 Å². The van der Waals surface area contributed by atoms with E-state index in [0.717, 1.165) is 0 Å². The average molecular weight is 307 g/mol. The summed E-state index contributed by atoms with van der Waals surface area (Å²) in [7, 11) is -3.36. The standard InChI is InChI=1S/C13H25NO5S/c1-4-18-13(15)12-6-5-7-14(10-12)20(16,17)9-8-19-11(2)3/h11-12H,4-10H2,1-3H3. The number of hydrogen-bond acceptors (Lipinski definition) is 5. The molecule has 0 spiro atoms. The van der Waals surface area contributed by atoms with Crippen molar-refractivity contribution in [1.82, 2.24) is 4.31 Å². The Bertz CT molecular complexity index is 407. The number of nitrogens with zero attached hydrogens (tertiary/aromatic N) is 1. The largest absolute Gasteiger partial charge is 0.466 e. The minimum atomic E-state index is -3.36. The summed E-state index contributed by atoms with van der Waals surface area (Å²) in [6, 6.07) is 0. The second kappa shape index (κ2) is 7.95. The zero-order valence-corrected chi connectivity index (χ0v) is 13.3. The second-order valence-electron chi connectivity index (χ2n) is 5.18. The lowest BCUT2D eigenvalue weighted by Crippen LogP contribution is -2.44. The van der Waals surface area contributed by atoms with E-state index in [2.05, 4.69) is 0 Å². The highest BCUT2D eigenvalue weighted by atomic mass is 32.2. The van der Waals surface area contributed by atoms with Gasteiger partial charge in [0.2, 0.25) is 10.0 Å². The first-order valence-corrected chi connectivity index (χ1v) is 8.73. The van der Waals surface area contributed by atoms with Gasteiger partial charge in [0, 0.05) is 13.1 Å². The van der Waals surface area contributed by atoms with E-state index in [-0.39, 0.29) is 36.9 Å². The lowest BCUT2D eigenvalue weighted by molar-refractivity contribution is -0.149. The third kappa shape index (κ3) is 5.38. The number of carbonyl (C=O) groups is 1. The van der Waals surface area contributed by atoms with Crippen molar-refractivity contribution in [3.05, 3.63) is 0 Å². The molecule has 20 heavy (non-hydrogen) atoms. The van der Waals surface area contributed by atoms with Crippen molar-refractivity contribution in [1.29, 1.82) is 0 Å². The highest BCUT2D eigenvalue weighted by Crippen LogP contribution is 2.20. The first kappa shape index (κ1) is 17.4. The molecule has 1 aliphatic heterocycles. The van der Waals surface area contributed by atoms with Gasteiger partial charge in [-0.05, 0) is 33.6 Å². The summed E-state index contributed by atoms with van der Waals surface area (Å²) in [4.78, 5) is 11.7. The predicted molar refractivity (Wildman–Crippen MR) is 75.8 cm³/mol. The first-order chi connectivity index (χ1) is 9.36. The van der Waals surface area contributed by atoms with Crippen LogP contribution < -0.4 is 0 Å². The van der Waals surface area contributed by atoms with Crippen LogP contribution in [-0.2, 0) is 24.3 Å². The van der Waals surface area contributed by atoms with E-state index in [1.807, 2.05) is 13.8 Å². The molecular weight excluding hydrogens is 282 g/mol. The van der Waals surface area contributed by atoms with Crippen LogP contribution in [0.3, 0.4) is 0 Å². The number of piperidine rings is 1. The highest BCUT2D eigenvalue weighted by Gasteiger charge is 2.32. The monoisotopic (exact) mass is 307 g/mol. The van der Waals surface area contributed by atoms with Crippen LogP contribution in [0.15, 0.2) is 0 Å². The van der Waals surface area contributed by atoms with Crippen molar-refractivity contribution in [2.45, 2.75) is 39.7 Å². The van der Waals surface area contributed by atoms with Gasteiger partial charge in [-0.1, -0.05) is 0 Å². The van der Waals surface area contributed by atoms with Crippen molar-refractivity contribution < 1.29 is 22.7 Å². The topological polar surface area (TPSA) is 72.9 Å². The van der Waals surface area contributed by atoms with Crippen LogP contribution in [0.4, 0.5) is 0 Å². The van der Waals surface area contributed by atoms with Gasteiger partial charge in [-0.15, -0.1) is 0 Å². The predicted octanol–water partition coefficient (Wildman–Crippen LogP) is 1.02. The molecule has 0 amide bonds. The van der Waals surface area contributed by atoms with Crippen molar-refractivity contribution in [3.63, 3.8) is 0 Å². The van der Waals surface area contributed by atoms with Crippen LogP contribution in [0.5, 0.6) is 0 Å². The van der Waals surface area contributed by atoms with Gasteiger partial charge in [-0.2, -0.15) is 0 Å². The van der Waals surface area contributed by atoms with Gasteiger partial charge in [-0.25, -0.2) is 12.7 Å². The summed E-state index contributed by atoms with van der Waals surface area (Å²) in [6.45, 7) is 6.68. The third-order valence-electron chi connectivity index (χ3n) is 3.19. The van der Waals surface area contributed by atoms with Crippen molar-refractivity contribution in [3.8, 4) is 0 Å². The Labute approximate surface area is 121 Å². The van der Waals surface area contributed by atoms with Gasteiger partial charge in [0.05, 0.1) is 31.0 Å². The van der Waals surface area contributed by atoms with Crippen LogP contribution in [0.2, 0.25) is 0 Å². The fourth-order valence-corrected chi connectivity index (χ4v) is 3.55. The molecule has 1 fully saturated rings. The van der Waals surface area contributed by atoms with Gasteiger partial charge in [0.1, 0.15) is 0 Å². The number of esters is 1. The van der Waals surface area contributed by atoms with Crippen LogP contribution in [0.25, 0.3) is 0 Å². The van der Waals surface area contributed by atoms with Gasteiger partial charge in [0.25, 0.3) is 0 Å². The summed E-state index contributed by atoms with van der Waals surface area (Å²) < 4.78 is 36.0. The average Bonchev–Trinajstić information content (AvgIpc) is 2.38. The SMILES string of the molecule is CCOC(=O)C1CCCN(S(=O)(=O)CCOC(C)C)C1. The molecule has 0 radical (unpaired) electrons. The molecule has 6 nitrogen and oxygen atoms in total. The molecule has 0 aromatic heterocycles. The summed E-state index contributed by atoms with van der Waals surface area (Å²) in [5.74, 6) is -0.684. The summed E-state index contributed by atoms with van der Waals surface area (Å²) in [5, 5.41) is 0. The fraction of sp³-hybridized carbons (Fsp3) is 0.923. The summed E-state index contributed by atoms with van der Waals surface area (Å²) >= 11 is 0. The van der Waals surface area contributed by atoms with Gasteiger partial charge in [-0.3, -0.25) is 4.79 Å². The fourth-order valence-electron chi connectivity index (χ4n) is 2.17. The van der Waals surface area contributed by atoms with E-state index in [1.54, 1.807) is 6.92 Å². The van der Waals surface area contributed by atoms with Crippen LogP contribution in [0, 0.1) is 5.92 Å². The van der Waals surface area contributed by atoms with Crippen LogP contribution in [-0.4, -0.2) is 56.9 Å². The molecular formula is C13H25NO5S. The molecule has 0 bridgehead atoms. The van der Waals surface area contributed by atoms with E-state index in [1.165, 1.54) is 4.31 Å². The number of carbonyl (C=O) groups excluding carboxylic acids is 1. The number of ether oxygens (including phenoxy) is 2. The molecule has 0 saturated carbocycles. The molecule has 1 atom stereocenters. The maximum Gasteiger partial charge on any atom is 0.310 e. The minimum absolute atomic E-state index is 0.0128. The second-order valence-corrected chi connectivity index (χ2v) is 7.27. The third-order valence-corrected chi connectivity index (χ3v) is 4.99. The Kier molecular flexibility index (Phi) is 6.91. The normalized spacial score (nSPS) is 21.1. The van der Waals surface area contributed by atoms with Crippen LogP contribution >= 0.6 is 0 Å². The molecule has 1 aliphatic rings. The minimum Gasteiger partial charge on any atom is -0.466 e. The Morgan fingerprint density at radius 3 is 2.70 bits per heavy atom.